The van der Waals surface area contributed by atoms with E-state index in [9.17, 15) is 4.79 Å². The SMILES string of the molecule is CCN1CCN(Cc2cc(C(=O)NN)sc2C)CC1. The molecule has 2 rings (SSSR count). The number of aryl methyl sites for hydroxylation is 1. The average molecular weight is 282 g/mol. The number of carbonyl (C=O) groups is 1. The predicted octanol–water partition coefficient (Wildman–Crippen LogP) is 0.798. The molecular weight excluding hydrogens is 260 g/mol. The molecular formula is C13H22N4OS. The highest BCUT2D eigenvalue weighted by Gasteiger charge is 2.18. The van der Waals surface area contributed by atoms with Crippen LogP contribution in [0.3, 0.4) is 0 Å². The highest BCUT2D eigenvalue weighted by atomic mass is 32.1. The van der Waals surface area contributed by atoms with E-state index in [0.29, 0.717) is 4.88 Å². The summed E-state index contributed by atoms with van der Waals surface area (Å²) in [5, 5.41) is 0. The summed E-state index contributed by atoms with van der Waals surface area (Å²) >= 11 is 1.51. The molecule has 1 aliphatic rings. The number of nitrogens with two attached hydrogens (primary N) is 1. The zero-order chi connectivity index (χ0) is 13.8. The van der Waals surface area contributed by atoms with Crippen molar-refractivity contribution < 1.29 is 4.79 Å². The number of carbonyl (C=O) groups excluding carboxylic acids is 1. The van der Waals surface area contributed by atoms with Crippen LogP contribution in [0.5, 0.6) is 0 Å². The van der Waals surface area contributed by atoms with Crippen LogP contribution in [0, 0.1) is 6.92 Å². The van der Waals surface area contributed by atoms with Gasteiger partial charge >= 0.3 is 0 Å². The first kappa shape index (κ1) is 14.5. The van der Waals surface area contributed by atoms with Crippen molar-refractivity contribution in [2.24, 2.45) is 5.84 Å². The molecule has 1 aromatic rings. The van der Waals surface area contributed by atoms with Gasteiger partial charge in [0.15, 0.2) is 0 Å². The molecule has 106 valence electrons. The number of nitrogen functional groups attached to an aromatic ring is 1. The molecule has 2 heterocycles. The Morgan fingerprint density at radius 2 is 2.00 bits per heavy atom. The standard InChI is InChI=1S/C13H22N4OS/c1-3-16-4-6-17(7-5-16)9-11-8-12(13(18)15-14)19-10(11)2/h8H,3-7,9,14H2,1-2H3,(H,15,18). The van der Waals surface area contributed by atoms with Gasteiger partial charge in [0, 0.05) is 37.6 Å². The third-order valence-corrected chi connectivity index (χ3v) is 4.77. The maximum Gasteiger partial charge on any atom is 0.275 e. The zero-order valence-corrected chi connectivity index (χ0v) is 12.4. The van der Waals surface area contributed by atoms with Crippen LogP contribution in [0.2, 0.25) is 0 Å². The van der Waals surface area contributed by atoms with Gasteiger partial charge in [-0.3, -0.25) is 15.1 Å². The first-order valence-corrected chi connectivity index (χ1v) is 7.50. The Hall–Kier alpha value is -0.950. The second-order valence-corrected chi connectivity index (χ2v) is 6.13. The maximum absolute atomic E-state index is 11.5. The van der Waals surface area contributed by atoms with E-state index in [-0.39, 0.29) is 5.91 Å². The molecule has 0 bridgehead atoms. The normalized spacial score (nSPS) is 17.6. The average Bonchev–Trinajstić information content (AvgIpc) is 2.80. The van der Waals surface area contributed by atoms with Gasteiger partial charge in [-0.2, -0.15) is 0 Å². The van der Waals surface area contributed by atoms with E-state index >= 15 is 0 Å². The number of thiophene rings is 1. The van der Waals surface area contributed by atoms with E-state index < -0.39 is 0 Å². The summed E-state index contributed by atoms with van der Waals surface area (Å²) in [6, 6.07) is 1.97. The quantitative estimate of drug-likeness (QED) is 0.487. The summed E-state index contributed by atoms with van der Waals surface area (Å²) in [4.78, 5) is 18.3. The predicted molar refractivity (Wildman–Crippen MR) is 78.1 cm³/mol. The molecule has 6 heteroatoms. The minimum atomic E-state index is -0.199. The fraction of sp³-hybridized carbons (Fsp3) is 0.615. The van der Waals surface area contributed by atoms with Crippen LogP contribution in [0.4, 0.5) is 0 Å². The van der Waals surface area contributed by atoms with Crippen molar-refractivity contribution in [3.63, 3.8) is 0 Å². The van der Waals surface area contributed by atoms with E-state index in [1.807, 2.05) is 6.07 Å². The third-order valence-electron chi connectivity index (χ3n) is 3.68. The molecule has 5 nitrogen and oxygen atoms in total. The van der Waals surface area contributed by atoms with Gasteiger partial charge in [0.05, 0.1) is 4.88 Å². The zero-order valence-electron chi connectivity index (χ0n) is 11.6. The second-order valence-electron chi connectivity index (χ2n) is 4.88. The minimum absolute atomic E-state index is 0.199. The molecule has 1 fully saturated rings. The largest absolute Gasteiger partial charge is 0.301 e. The Morgan fingerprint density at radius 1 is 1.37 bits per heavy atom. The van der Waals surface area contributed by atoms with Gasteiger partial charge in [-0.1, -0.05) is 6.92 Å². The lowest BCUT2D eigenvalue weighted by atomic mass is 10.2. The van der Waals surface area contributed by atoms with Crippen molar-refractivity contribution in [2.45, 2.75) is 20.4 Å². The number of rotatable bonds is 4. The van der Waals surface area contributed by atoms with Crippen molar-refractivity contribution in [2.75, 3.05) is 32.7 Å². The number of likely N-dealkylation sites (N-methyl/N-ethyl adjacent to an activating group) is 1. The Kier molecular flexibility index (Phi) is 4.93. The highest BCUT2D eigenvalue weighted by molar-refractivity contribution is 7.14. The number of hydrazine groups is 1. The fourth-order valence-corrected chi connectivity index (χ4v) is 3.30. The maximum atomic E-state index is 11.5. The summed E-state index contributed by atoms with van der Waals surface area (Å²) in [5.74, 6) is 4.97. The highest BCUT2D eigenvalue weighted by Crippen LogP contribution is 2.23. The van der Waals surface area contributed by atoms with Crippen molar-refractivity contribution in [3.05, 3.63) is 21.4 Å². The lowest BCUT2D eigenvalue weighted by Crippen LogP contribution is -2.45. The molecule has 0 spiro atoms. The molecule has 0 atom stereocenters. The Morgan fingerprint density at radius 3 is 2.58 bits per heavy atom. The third kappa shape index (κ3) is 3.54. The number of amides is 1. The lowest BCUT2D eigenvalue weighted by molar-refractivity contribution is 0.0957. The summed E-state index contributed by atoms with van der Waals surface area (Å²) in [7, 11) is 0. The molecule has 1 aliphatic heterocycles. The van der Waals surface area contributed by atoms with E-state index in [0.717, 1.165) is 39.3 Å². The molecule has 1 amide bonds. The fourth-order valence-electron chi connectivity index (χ4n) is 2.36. The van der Waals surface area contributed by atoms with E-state index in [2.05, 4.69) is 29.1 Å². The van der Waals surface area contributed by atoms with Gasteiger partial charge in [-0.05, 0) is 25.1 Å². The topological polar surface area (TPSA) is 61.6 Å². The number of hydrogen-bond acceptors (Lipinski definition) is 5. The summed E-state index contributed by atoms with van der Waals surface area (Å²) in [6.07, 6.45) is 0. The van der Waals surface area contributed by atoms with Gasteiger partial charge < -0.3 is 4.90 Å². The Labute approximate surface area is 118 Å². The Bertz CT molecular complexity index is 438. The first-order chi connectivity index (χ1) is 9.13. The van der Waals surface area contributed by atoms with Gasteiger partial charge in [0.1, 0.15) is 0 Å². The van der Waals surface area contributed by atoms with Crippen LogP contribution in [-0.2, 0) is 6.54 Å². The van der Waals surface area contributed by atoms with Crippen molar-refractivity contribution in [1.82, 2.24) is 15.2 Å². The molecule has 0 unspecified atom stereocenters. The summed E-state index contributed by atoms with van der Waals surface area (Å²) in [5.41, 5.74) is 3.43. The lowest BCUT2D eigenvalue weighted by Gasteiger charge is -2.33. The molecule has 1 aromatic heterocycles. The van der Waals surface area contributed by atoms with Crippen LogP contribution in [0.1, 0.15) is 27.0 Å². The van der Waals surface area contributed by atoms with Gasteiger partial charge in [0.25, 0.3) is 5.91 Å². The molecule has 19 heavy (non-hydrogen) atoms. The summed E-state index contributed by atoms with van der Waals surface area (Å²) < 4.78 is 0. The molecule has 3 N–H and O–H groups in total. The summed E-state index contributed by atoms with van der Waals surface area (Å²) in [6.45, 7) is 10.8. The van der Waals surface area contributed by atoms with Gasteiger partial charge in [-0.25, -0.2) is 5.84 Å². The number of hydrogen-bond donors (Lipinski definition) is 2. The molecule has 0 radical (unpaired) electrons. The Balaban J connectivity index is 1.96. The second kappa shape index (κ2) is 6.47. The van der Waals surface area contributed by atoms with Gasteiger partial charge in [0.2, 0.25) is 0 Å². The van der Waals surface area contributed by atoms with E-state index in [1.165, 1.54) is 21.8 Å². The molecule has 0 aromatic carbocycles. The molecule has 0 saturated carbocycles. The van der Waals surface area contributed by atoms with E-state index in [1.54, 1.807) is 0 Å². The van der Waals surface area contributed by atoms with Crippen LogP contribution in [0.25, 0.3) is 0 Å². The number of piperazine rings is 1. The number of nitrogens with zero attached hydrogens (tertiary/aromatic N) is 2. The van der Waals surface area contributed by atoms with Crippen LogP contribution >= 0.6 is 11.3 Å². The van der Waals surface area contributed by atoms with Crippen LogP contribution in [-0.4, -0.2) is 48.4 Å². The van der Waals surface area contributed by atoms with E-state index in [4.69, 9.17) is 5.84 Å². The number of nitrogens with one attached hydrogen (secondary N) is 1. The van der Waals surface area contributed by atoms with Crippen molar-refractivity contribution >= 4 is 17.2 Å². The van der Waals surface area contributed by atoms with Crippen LogP contribution < -0.4 is 11.3 Å². The monoisotopic (exact) mass is 282 g/mol. The smallest absolute Gasteiger partial charge is 0.275 e. The van der Waals surface area contributed by atoms with Crippen molar-refractivity contribution in [3.8, 4) is 0 Å². The van der Waals surface area contributed by atoms with Crippen LogP contribution in [0.15, 0.2) is 6.07 Å². The first-order valence-electron chi connectivity index (χ1n) is 6.69. The van der Waals surface area contributed by atoms with Crippen molar-refractivity contribution in [1.29, 1.82) is 0 Å². The van der Waals surface area contributed by atoms with Gasteiger partial charge in [-0.15, -0.1) is 11.3 Å². The minimum Gasteiger partial charge on any atom is -0.301 e. The molecule has 1 saturated heterocycles. The molecule has 0 aliphatic carbocycles.